The van der Waals surface area contributed by atoms with Crippen molar-refractivity contribution in [2.75, 3.05) is 26.2 Å². The second-order valence-electron chi connectivity index (χ2n) is 10.6. The van der Waals surface area contributed by atoms with Gasteiger partial charge in [0.2, 0.25) is 5.52 Å². The summed E-state index contributed by atoms with van der Waals surface area (Å²) in [6.07, 6.45) is 6.41. The van der Waals surface area contributed by atoms with Crippen LogP contribution in [-0.2, 0) is 4.84 Å². The molecule has 2 aromatic carbocycles. The number of hydrogen-bond donors (Lipinski definition) is 0. The summed E-state index contributed by atoms with van der Waals surface area (Å²) in [6, 6.07) is 15.1. The molecule has 39 heavy (non-hydrogen) atoms. The Bertz CT molecular complexity index is 1370. The van der Waals surface area contributed by atoms with Crippen LogP contribution in [0.3, 0.4) is 0 Å². The Morgan fingerprint density at radius 1 is 1.15 bits per heavy atom. The van der Waals surface area contributed by atoms with Crippen molar-refractivity contribution >= 4 is 50.1 Å². The van der Waals surface area contributed by atoms with E-state index in [2.05, 4.69) is 45.0 Å². The quantitative estimate of drug-likeness (QED) is 0.144. The first-order valence-electron chi connectivity index (χ1n) is 13.6. The van der Waals surface area contributed by atoms with Crippen molar-refractivity contribution in [2.45, 2.75) is 57.5 Å². The number of pyridine rings is 1. The molecule has 2 fully saturated rings. The number of carbonyl (C=O) groups is 1. The van der Waals surface area contributed by atoms with Gasteiger partial charge < -0.3 is 14.9 Å². The monoisotopic (exact) mass is 612 g/mol. The van der Waals surface area contributed by atoms with E-state index in [4.69, 9.17) is 16.4 Å². The number of likely N-dealkylation sites (tertiary alicyclic amines) is 2. The van der Waals surface area contributed by atoms with Gasteiger partial charge in [-0.1, -0.05) is 51.2 Å². The van der Waals surface area contributed by atoms with Gasteiger partial charge in [-0.05, 0) is 70.3 Å². The molecule has 3 aromatic rings. The lowest BCUT2D eigenvalue weighted by molar-refractivity contribution is -0.577. The average Bonchev–Trinajstić information content (AvgIpc) is 2.95. The van der Waals surface area contributed by atoms with Crippen molar-refractivity contribution in [1.29, 1.82) is 0 Å². The normalized spacial score (nSPS) is 20.3. The number of oxime groups is 1. The Labute approximate surface area is 243 Å². The van der Waals surface area contributed by atoms with Crippen molar-refractivity contribution < 1.29 is 14.4 Å². The molecule has 0 spiro atoms. The van der Waals surface area contributed by atoms with Gasteiger partial charge >= 0.3 is 0 Å². The smallest absolute Gasteiger partial charge is 0.254 e. The van der Waals surface area contributed by atoms with Crippen LogP contribution in [0.5, 0.6) is 0 Å². The first-order chi connectivity index (χ1) is 18.8. The van der Waals surface area contributed by atoms with Crippen molar-refractivity contribution in [3.8, 4) is 0 Å². The molecule has 1 atom stereocenters. The Morgan fingerprint density at radius 3 is 2.62 bits per heavy atom. The van der Waals surface area contributed by atoms with Crippen LogP contribution in [0.2, 0.25) is 5.02 Å². The Hall–Kier alpha value is -2.68. The van der Waals surface area contributed by atoms with Crippen LogP contribution >= 0.6 is 27.5 Å². The third kappa shape index (κ3) is 5.79. The van der Waals surface area contributed by atoms with E-state index < -0.39 is 0 Å². The van der Waals surface area contributed by atoms with Crippen LogP contribution < -0.4 is 4.73 Å². The SMILES string of the molecule is CCO/N=C(\c1ccc(Br)cc1)C1CCCCN1C1(C)CCN(C(=O)c2cc[n+]([O-])c3cc(Cl)ccc23)CC1. The molecule has 0 aliphatic carbocycles. The Balaban J connectivity index is 1.37. The summed E-state index contributed by atoms with van der Waals surface area (Å²) in [5, 5.41) is 18.0. The summed E-state index contributed by atoms with van der Waals surface area (Å²) in [6.45, 7) is 7.09. The molecule has 2 saturated heterocycles. The molecule has 7 nitrogen and oxygen atoms in total. The van der Waals surface area contributed by atoms with Crippen LogP contribution in [0.25, 0.3) is 10.9 Å². The van der Waals surface area contributed by atoms with Crippen molar-refractivity contribution in [3.05, 3.63) is 80.6 Å². The number of benzene rings is 2. The molecule has 0 N–H and O–H groups in total. The molecule has 2 aliphatic rings. The van der Waals surface area contributed by atoms with Crippen LogP contribution in [0.15, 0.2) is 64.4 Å². The highest BCUT2D eigenvalue weighted by Gasteiger charge is 2.43. The third-order valence-electron chi connectivity index (χ3n) is 8.17. The number of fused-ring (bicyclic) bond motifs is 1. The lowest BCUT2D eigenvalue weighted by Gasteiger charge is -2.51. The maximum absolute atomic E-state index is 13.6. The van der Waals surface area contributed by atoms with Gasteiger partial charge in [-0.2, -0.15) is 4.73 Å². The van der Waals surface area contributed by atoms with Crippen LogP contribution in [0, 0.1) is 5.21 Å². The van der Waals surface area contributed by atoms with Crippen molar-refractivity contribution in [2.24, 2.45) is 5.16 Å². The fourth-order valence-corrected chi connectivity index (χ4v) is 6.42. The minimum Gasteiger partial charge on any atom is -0.618 e. The lowest BCUT2D eigenvalue weighted by Crippen LogP contribution is -2.60. The first-order valence-corrected chi connectivity index (χ1v) is 14.8. The van der Waals surface area contributed by atoms with Crippen LogP contribution in [0.1, 0.15) is 61.9 Å². The standard InChI is InChI=1S/C30H34BrClN4O3/c1-3-39-33-28(21-7-9-22(31)10-8-21)26-6-4-5-16-35(26)30(2)14-18-34(19-15-30)29(37)25-13-17-36(38)27-20-23(32)11-12-24(25)27/h7-13,17,20,26H,3-6,14-16,18-19H2,1-2H3/b33-28+. The van der Waals surface area contributed by atoms with E-state index in [1.54, 1.807) is 24.3 Å². The van der Waals surface area contributed by atoms with Gasteiger partial charge in [0.1, 0.15) is 12.3 Å². The van der Waals surface area contributed by atoms with E-state index in [-0.39, 0.29) is 17.5 Å². The summed E-state index contributed by atoms with van der Waals surface area (Å²) in [5.41, 5.74) is 2.92. The number of piperidine rings is 2. The largest absolute Gasteiger partial charge is 0.618 e. The second kappa shape index (κ2) is 11.8. The molecule has 0 radical (unpaired) electrons. The van der Waals surface area contributed by atoms with Crippen molar-refractivity contribution in [3.63, 3.8) is 0 Å². The molecular weight excluding hydrogens is 580 g/mol. The molecule has 1 unspecified atom stereocenters. The predicted molar refractivity (Wildman–Crippen MR) is 158 cm³/mol. The third-order valence-corrected chi connectivity index (χ3v) is 8.93. The summed E-state index contributed by atoms with van der Waals surface area (Å²) < 4.78 is 1.79. The van der Waals surface area contributed by atoms with Crippen molar-refractivity contribution in [1.82, 2.24) is 9.80 Å². The molecular formula is C30H34BrClN4O3. The van der Waals surface area contributed by atoms with E-state index >= 15 is 0 Å². The van der Waals surface area contributed by atoms with E-state index in [0.717, 1.165) is 59.1 Å². The van der Waals surface area contributed by atoms with Gasteiger partial charge in [0.25, 0.3) is 5.91 Å². The molecule has 9 heteroatoms. The number of amides is 1. The molecule has 206 valence electrons. The van der Waals surface area contributed by atoms with Crippen LogP contribution in [-0.4, -0.2) is 59.2 Å². The molecule has 0 bridgehead atoms. The molecule has 0 saturated carbocycles. The first kappa shape index (κ1) is 27.9. The lowest BCUT2D eigenvalue weighted by atomic mass is 9.82. The van der Waals surface area contributed by atoms with Gasteiger partial charge in [0.15, 0.2) is 6.20 Å². The summed E-state index contributed by atoms with van der Waals surface area (Å²) >= 11 is 9.66. The maximum Gasteiger partial charge on any atom is 0.254 e. The molecule has 5 rings (SSSR count). The highest BCUT2D eigenvalue weighted by molar-refractivity contribution is 9.10. The molecule has 1 aromatic heterocycles. The maximum atomic E-state index is 13.6. The summed E-state index contributed by atoms with van der Waals surface area (Å²) in [7, 11) is 0. The van der Waals surface area contributed by atoms with E-state index in [1.165, 1.54) is 6.20 Å². The van der Waals surface area contributed by atoms with Gasteiger partial charge in [0.05, 0.1) is 17.0 Å². The minimum atomic E-state index is -0.0749. The van der Waals surface area contributed by atoms with Gasteiger partial charge in [-0.15, -0.1) is 0 Å². The highest BCUT2D eigenvalue weighted by atomic mass is 79.9. The van der Waals surface area contributed by atoms with E-state index in [1.807, 2.05) is 24.0 Å². The number of halogens is 2. The molecule has 2 aliphatic heterocycles. The predicted octanol–water partition coefficient (Wildman–Crippen LogP) is 6.18. The summed E-state index contributed by atoms with van der Waals surface area (Å²) in [4.78, 5) is 23.8. The number of nitrogens with zero attached hydrogens (tertiary/aromatic N) is 4. The fraction of sp³-hybridized carbons (Fsp3) is 0.433. The van der Waals surface area contributed by atoms with E-state index in [9.17, 15) is 10.0 Å². The zero-order valence-corrected chi connectivity index (χ0v) is 24.7. The minimum absolute atomic E-state index is 0.0476. The number of hydrogen-bond acceptors (Lipinski definition) is 5. The topological polar surface area (TPSA) is 72.1 Å². The van der Waals surface area contributed by atoms with E-state index in [0.29, 0.717) is 41.2 Å². The zero-order chi connectivity index (χ0) is 27.6. The summed E-state index contributed by atoms with van der Waals surface area (Å²) in [5.74, 6) is -0.0476. The number of rotatable bonds is 6. The highest BCUT2D eigenvalue weighted by Crippen LogP contribution is 2.36. The van der Waals surface area contributed by atoms with Gasteiger partial charge in [-0.3, -0.25) is 9.69 Å². The average molecular weight is 614 g/mol. The Morgan fingerprint density at radius 2 is 1.90 bits per heavy atom. The zero-order valence-electron chi connectivity index (χ0n) is 22.4. The van der Waals surface area contributed by atoms with Gasteiger partial charge in [-0.25, -0.2) is 0 Å². The molecule has 1 amide bonds. The van der Waals surface area contributed by atoms with Gasteiger partial charge in [0, 0.05) is 45.8 Å². The number of aromatic nitrogens is 1. The number of carbonyl (C=O) groups excluding carboxylic acids is 1. The molecule has 3 heterocycles. The second-order valence-corrected chi connectivity index (χ2v) is 12.0. The Kier molecular flexibility index (Phi) is 8.45. The van der Waals surface area contributed by atoms with Crippen LogP contribution in [0.4, 0.5) is 0 Å². The fourth-order valence-electron chi connectivity index (χ4n) is 5.99.